The SMILES string of the molecule is CCCCCCC(CCOC)NCCC. The molecule has 15 heavy (non-hydrogen) atoms. The van der Waals surface area contributed by atoms with E-state index in [2.05, 4.69) is 19.2 Å². The first kappa shape index (κ1) is 14.9. The number of nitrogens with one attached hydrogen (secondary N) is 1. The van der Waals surface area contributed by atoms with Crippen LogP contribution >= 0.6 is 0 Å². The van der Waals surface area contributed by atoms with E-state index < -0.39 is 0 Å². The molecule has 0 aromatic heterocycles. The minimum atomic E-state index is 0.668. The Morgan fingerprint density at radius 2 is 1.80 bits per heavy atom. The van der Waals surface area contributed by atoms with Gasteiger partial charge in [0.05, 0.1) is 0 Å². The summed E-state index contributed by atoms with van der Waals surface area (Å²) in [5.41, 5.74) is 0. The number of methoxy groups -OCH3 is 1. The van der Waals surface area contributed by atoms with Crippen LogP contribution in [0.4, 0.5) is 0 Å². The van der Waals surface area contributed by atoms with Gasteiger partial charge in [0.15, 0.2) is 0 Å². The van der Waals surface area contributed by atoms with E-state index in [-0.39, 0.29) is 0 Å². The topological polar surface area (TPSA) is 21.3 Å². The summed E-state index contributed by atoms with van der Waals surface area (Å²) in [6, 6.07) is 0.668. The van der Waals surface area contributed by atoms with Crippen molar-refractivity contribution in [1.82, 2.24) is 5.32 Å². The van der Waals surface area contributed by atoms with Crippen LogP contribution in [-0.2, 0) is 4.74 Å². The fraction of sp³-hybridized carbons (Fsp3) is 1.00. The van der Waals surface area contributed by atoms with Crippen LogP contribution in [0.15, 0.2) is 0 Å². The maximum absolute atomic E-state index is 5.14. The van der Waals surface area contributed by atoms with Crippen LogP contribution in [0.5, 0.6) is 0 Å². The molecule has 2 heteroatoms. The Kier molecular flexibility index (Phi) is 11.9. The van der Waals surface area contributed by atoms with Gasteiger partial charge in [0.25, 0.3) is 0 Å². The lowest BCUT2D eigenvalue weighted by Gasteiger charge is -2.17. The van der Waals surface area contributed by atoms with Crippen molar-refractivity contribution in [3.63, 3.8) is 0 Å². The Bertz CT molecular complexity index is 109. The molecule has 0 spiro atoms. The van der Waals surface area contributed by atoms with Gasteiger partial charge in [-0.15, -0.1) is 0 Å². The van der Waals surface area contributed by atoms with Crippen molar-refractivity contribution in [3.8, 4) is 0 Å². The molecule has 1 N–H and O–H groups in total. The lowest BCUT2D eigenvalue weighted by Crippen LogP contribution is -2.30. The third-order valence-corrected chi connectivity index (χ3v) is 2.76. The molecule has 0 heterocycles. The van der Waals surface area contributed by atoms with Gasteiger partial charge in [-0.25, -0.2) is 0 Å². The zero-order valence-electron chi connectivity index (χ0n) is 10.8. The average Bonchev–Trinajstić information content (AvgIpc) is 2.27. The molecule has 0 aliphatic carbocycles. The summed E-state index contributed by atoms with van der Waals surface area (Å²) in [6.07, 6.45) is 9.13. The molecule has 0 saturated carbocycles. The molecule has 0 aliphatic rings. The van der Waals surface area contributed by atoms with Crippen LogP contribution in [0, 0.1) is 0 Å². The highest BCUT2D eigenvalue weighted by Gasteiger charge is 2.06. The Hall–Kier alpha value is -0.0800. The second kappa shape index (κ2) is 12.0. The first-order valence-electron chi connectivity index (χ1n) is 6.57. The molecular formula is C13H29NO. The highest BCUT2D eigenvalue weighted by atomic mass is 16.5. The van der Waals surface area contributed by atoms with E-state index in [0.717, 1.165) is 19.6 Å². The van der Waals surface area contributed by atoms with Crippen molar-refractivity contribution in [2.24, 2.45) is 0 Å². The molecule has 0 rings (SSSR count). The zero-order valence-corrected chi connectivity index (χ0v) is 10.8. The maximum atomic E-state index is 5.14. The number of unbranched alkanes of at least 4 members (excludes halogenated alkanes) is 3. The molecule has 2 nitrogen and oxygen atoms in total. The molecule has 0 aromatic rings. The Labute approximate surface area is 95.8 Å². The molecule has 1 unspecified atom stereocenters. The van der Waals surface area contributed by atoms with Crippen LogP contribution in [0.3, 0.4) is 0 Å². The van der Waals surface area contributed by atoms with Gasteiger partial charge in [-0.05, 0) is 25.8 Å². The summed E-state index contributed by atoms with van der Waals surface area (Å²) in [4.78, 5) is 0. The third-order valence-electron chi connectivity index (χ3n) is 2.76. The summed E-state index contributed by atoms with van der Waals surface area (Å²) < 4.78 is 5.14. The molecule has 0 aliphatic heterocycles. The Morgan fingerprint density at radius 3 is 2.40 bits per heavy atom. The van der Waals surface area contributed by atoms with E-state index in [4.69, 9.17) is 4.74 Å². The second-order valence-corrected chi connectivity index (χ2v) is 4.28. The van der Waals surface area contributed by atoms with Gasteiger partial charge >= 0.3 is 0 Å². The standard InChI is InChI=1S/C13H29NO/c1-4-6-7-8-9-13(10-12-15-3)14-11-5-2/h13-14H,4-12H2,1-3H3. The van der Waals surface area contributed by atoms with Crippen molar-refractivity contribution in [3.05, 3.63) is 0 Å². The van der Waals surface area contributed by atoms with Crippen LogP contribution < -0.4 is 5.32 Å². The van der Waals surface area contributed by atoms with E-state index in [0.29, 0.717) is 6.04 Å². The summed E-state index contributed by atoms with van der Waals surface area (Å²) in [5.74, 6) is 0. The van der Waals surface area contributed by atoms with Crippen molar-refractivity contribution in [2.45, 2.75) is 64.8 Å². The molecule has 0 fully saturated rings. The van der Waals surface area contributed by atoms with Crippen LogP contribution in [0.2, 0.25) is 0 Å². The van der Waals surface area contributed by atoms with Crippen LogP contribution in [0.25, 0.3) is 0 Å². The summed E-state index contributed by atoms with van der Waals surface area (Å²) in [6.45, 7) is 6.51. The summed E-state index contributed by atoms with van der Waals surface area (Å²) in [5, 5.41) is 3.60. The van der Waals surface area contributed by atoms with E-state index in [9.17, 15) is 0 Å². The van der Waals surface area contributed by atoms with E-state index >= 15 is 0 Å². The summed E-state index contributed by atoms with van der Waals surface area (Å²) in [7, 11) is 1.79. The molecule has 92 valence electrons. The predicted octanol–water partition coefficient (Wildman–Crippen LogP) is 3.36. The Morgan fingerprint density at radius 1 is 1.00 bits per heavy atom. The first-order valence-corrected chi connectivity index (χ1v) is 6.57. The molecule has 1 atom stereocenters. The van der Waals surface area contributed by atoms with Gasteiger partial charge in [-0.3, -0.25) is 0 Å². The molecule has 0 amide bonds. The lowest BCUT2D eigenvalue weighted by molar-refractivity contribution is 0.180. The fourth-order valence-electron chi connectivity index (χ4n) is 1.77. The predicted molar refractivity (Wildman–Crippen MR) is 67.3 cm³/mol. The van der Waals surface area contributed by atoms with Gasteiger partial charge in [0.1, 0.15) is 0 Å². The van der Waals surface area contributed by atoms with Gasteiger partial charge in [0.2, 0.25) is 0 Å². The van der Waals surface area contributed by atoms with Crippen molar-refractivity contribution in [2.75, 3.05) is 20.3 Å². The lowest BCUT2D eigenvalue weighted by atomic mass is 10.0. The van der Waals surface area contributed by atoms with E-state index in [1.165, 1.54) is 38.5 Å². The Balaban J connectivity index is 3.49. The van der Waals surface area contributed by atoms with Crippen molar-refractivity contribution >= 4 is 0 Å². The van der Waals surface area contributed by atoms with E-state index in [1.807, 2.05) is 0 Å². The largest absolute Gasteiger partial charge is 0.385 e. The first-order chi connectivity index (χ1) is 7.35. The minimum absolute atomic E-state index is 0.668. The summed E-state index contributed by atoms with van der Waals surface area (Å²) >= 11 is 0. The fourth-order valence-corrected chi connectivity index (χ4v) is 1.77. The second-order valence-electron chi connectivity index (χ2n) is 4.28. The minimum Gasteiger partial charge on any atom is -0.385 e. The monoisotopic (exact) mass is 215 g/mol. The van der Waals surface area contributed by atoms with Crippen LogP contribution in [-0.4, -0.2) is 26.3 Å². The van der Waals surface area contributed by atoms with Crippen molar-refractivity contribution in [1.29, 1.82) is 0 Å². The molecule has 0 radical (unpaired) electrons. The number of ether oxygens (including phenoxy) is 1. The highest BCUT2D eigenvalue weighted by Crippen LogP contribution is 2.08. The van der Waals surface area contributed by atoms with Crippen molar-refractivity contribution < 1.29 is 4.74 Å². The van der Waals surface area contributed by atoms with Gasteiger partial charge in [-0.1, -0.05) is 39.5 Å². The molecular weight excluding hydrogens is 186 g/mol. The molecule has 0 aromatic carbocycles. The van der Waals surface area contributed by atoms with Gasteiger partial charge in [-0.2, -0.15) is 0 Å². The zero-order chi connectivity index (χ0) is 11.4. The number of hydrogen-bond acceptors (Lipinski definition) is 2. The van der Waals surface area contributed by atoms with E-state index in [1.54, 1.807) is 7.11 Å². The third kappa shape index (κ3) is 10.2. The average molecular weight is 215 g/mol. The highest BCUT2D eigenvalue weighted by molar-refractivity contribution is 4.66. The molecule has 0 saturated heterocycles. The molecule has 0 bridgehead atoms. The quantitative estimate of drug-likeness (QED) is 0.534. The maximum Gasteiger partial charge on any atom is 0.0477 e. The van der Waals surface area contributed by atoms with Gasteiger partial charge in [0, 0.05) is 19.8 Å². The number of rotatable bonds is 11. The normalized spacial score (nSPS) is 13.0. The smallest absolute Gasteiger partial charge is 0.0477 e. The van der Waals surface area contributed by atoms with Crippen LogP contribution in [0.1, 0.15) is 58.8 Å². The van der Waals surface area contributed by atoms with Gasteiger partial charge < -0.3 is 10.1 Å². The number of hydrogen-bond donors (Lipinski definition) is 1.